The minimum Gasteiger partial charge on any atom is -0.367 e. The third-order valence-electron chi connectivity index (χ3n) is 1.70. The van der Waals surface area contributed by atoms with Crippen molar-refractivity contribution in [3.8, 4) is 0 Å². The van der Waals surface area contributed by atoms with Gasteiger partial charge in [-0.3, -0.25) is 4.68 Å². The fraction of sp³-hybridized carbons (Fsp3) is 0.286. The van der Waals surface area contributed by atoms with Gasteiger partial charge in [0.2, 0.25) is 11.1 Å². The first kappa shape index (κ1) is 8.95. The molecule has 14 heavy (non-hydrogen) atoms. The summed E-state index contributed by atoms with van der Waals surface area (Å²) in [6, 6.07) is 0. The van der Waals surface area contributed by atoms with Crippen molar-refractivity contribution >= 4 is 28.3 Å². The van der Waals surface area contributed by atoms with Gasteiger partial charge < -0.3 is 11.1 Å². The maximum atomic E-state index is 5.40. The molecule has 0 aliphatic heterocycles. The molecule has 7 heteroatoms. The van der Waals surface area contributed by atoms with Gasteiger partial charge >= 0.3 is 0 Å². The van der Waals surface area contributed by atoms with E-state index in [1.165, 1.54) is 11.5 Å². The number of rotatable bonds is 2. The van der Waals surface area contributed by atoms with Crippen LogP contribution in [-0.4, -0.2) is 19.1 Å². The van der Waals surface area contributed by atoms with Gasteiger partial charge in [-0.05, 0) is 6.92 Å². The highest BCUT2D eigenvalue weighted by molar-refractivity contribution is 7.10. The van der Waals surface area contributed by atoms with Crippen LogP contribution in [0.15, 0.2) is 6.20 Å². The molecule has 2 heterocycles. The second kappa shape index (κ2) is 3.26. The predicted molar refractivity (Wildman–Crippen MR) is 55.5 cm³/mol. The van der Waals surface area contributed by atoms with E-state index in [0.29, 0.717) is 11.1 Å². The number of nitrogens with one attached hydrogen (secondary N) is 1. The van der Waals surface area contributed by atoms with Crippen LogP contribution >= 0.6 is 11.5 Å². The fourth-order valence-corrected chi connectivity index (χ4v) is 1.63. The molecule has 0 atom stereocenters. The largest absolute Gasteiger partial charge is 0.367 e. The summed E-state index contributed by atoms with van der Waals surface area (Å²) in [5.41, 5.74) is 7.24. The lowest BCUT2D eigenvalue weighted by molar-refractivity contribution is 0.756. The maximum absolute atomic E-state index is 5.40. The van der Waals surface area contributed by atoms with E-state index in [2.05, 4.69) is 19.8 Å². The molecule has 2 aromatic rings. The van der Waals surface area contributed by atoms with Gasteiger partial charge in [0.1, 0.15) is 0 Å². The van der Waals surface area contributed by atoms with E-state index >= 15 is 0 Å². The van der Waals surface area contributed by atoms with Gasteiger partial charge in [0.15, 0.2) is 0 Å². The number of aromatic nitrogens is 4. The van der Waals surface area contributed by atoms with E-state index in [4.69, 9.17) is 5.73 Å². The summed E-state index contributed by atoms with van der Waals surface area (Å²) in [6.07, 6.45) is 1.88. The quantitative estimate of drug-likeness (QED) is 0.769. The van der Waals surface area contributed by atoms with Crippen LogP contribution < -0.4 is 11.1 Å². The normalized spacial score (nSPS) is 10.4. The smallest absolute Gasteiger partial charge is 0.233 e. The number of nitrogens with two attached hydrogens (primary N) is 1. The minimum atomic E-state index is 0.291. The van der Waals surface area contributed by atoms with Gasteiger partial charge in [-0.15, -0.1) is 0 Å². The molecule has 74 valence electrons. The Morgan fingerprint density at radius 3 is 2.86 bits per heavy atom. The first-order valence-corrected chi connectivity index (χ1v) is 4.79. The summed E-state index contributed by atoms with van der Waals surface area (Å²) in [7, 11) is 1.87. The molecular weight excluding hydrogens is 200 g/mol. The van der Waals surface area contributed by atoms with Crippen LogP contribution in [0.5, 0.6) is 0 Å². The van der Waals surface area contributed by atoms with Gasteiger partial charge in [0.05, 0.1) is 11.4 Å². The summed E-state index contributed by atoms with van der Waals surface area (Å²) in [5, 5.41) is 7.97. The van der Waals surface area contributed by atoms with Crippen LogP contribution in [0.25, 0.3) is 0 Å². The zero-order chi connectivity index (χ0) is 10.1. The molecule has 0 bridgehead atoms. The molecule has 6 nitrogen and oxygen atoms in total. The Balaban J connectivity index is 2.22. The van der Waals surface area contributed by atoms with Crippen molar-refractivity contribution < 1.29 is 0 Å². The Morgan fingerprint density at radius 1 is 1.57 bits per heavy atom. The zero-order valence-corrected chi connectivity index (χ0v) is 8.67. The summed E-state index contributed by atoms with van der Waals surface area (Å²) in [5.74, 6) is 0.291. The average molecular weight is 210 g/mol. The third kappa shape index (κ3) is 1.67. The van der Waals surface area contributed by atoms with Crippen molar-refractivity contribution in [1.82, 2.24) is 19.1 Å². The Labute approximate surface area is 84.9 Å². The molecule has 0 aliphatic carbocycles. The topological polar surface area (TPSA) is 81.7 Å². The van der Waals surface area contributed by atoms with Gasteiger partial charge in [0, 0.05) is 24.8 Å². The van der Waals surface area contributed by atoms with Crippen LogP contribution in [0.4, 0.5) is 16.8 Å². The number of nitrogens with zero attached hydrogens (tertiary/aromatic N) is 4. The number of hydrogen-bond donors (Lipinski definition) is 2. The van der Waals surface area contributed by atoms with E-state index in [0.717, 1.165) is 11.4 Å². The van der Waals surface area contributed by atoms with Gasteiger partial charge in [-0.2, -0.15) is 14.5 Å². The second-order valence-corrected chi connectivity index (χ2v) is 3.64. The number of nitrogen functional groups attached to an aromatic ring is 1. The Bertz CT molecular complexity index is 445. The molecule has 0 saturated carbocycles. The van der Waals surface area contributed by atoms with Gasteiger partial charge in [0.25, 0.3) is 0 Å². The monoisotopic (exact) mass is 210 g/mol. The predicted octanol–water partition coefficient (Wildman–Crippen LogP) is 0.906. The lowest BCUT2D eigenvalue weighted by atomic mass is 10.4. The molecule has 0 unspecified atom stereocenters. The summed E-state index contributed by atoms with van der Waals surface area (Å²) < 4.78 is 5.61. The lowest BCUT2D eigenvalue weighted by Crippen LogP contribution is -1.91. The average Bonchev–Trinajstić information content (AvgIpc) is 2.61. The lowest BCUT2D eigenvalue weighted by Gasteiger charge is -1.96. The number of anilines is 3. The second-order valence-electron chi connectivity index (χ2n) is 2.88. The highest BCUT2D eigenvalue weighted by atomic mass is 32.1. The number of hydrogen-bond acceptors (Lipinski definition) is 6. The van der Waals surface area contributed by atoms with Crippen LogP contribution in [0, 0.1) is 6.92 Å². The van der Waals surface area contributed by atoms with Crippen LogP contribution in [0.1, 0.15) is 5.69 Å². The van der Waals surface area contributed by atoms with Crippen LogP contribution in [0.3, 0.4) is 0 Å². The molecule has 0 spiro atoms. The molecule has 2 aromatic heterocycles. The minimum absolute atomic E-state index is 0.291. The van der Waals surface area contributed by atoms with Crippen molar-refractivity contribution in [1.29, 1.82) is 0 Å². The highest BCUT2D eigenvalue weighted by Crippen LogP contribution is 2.20. The first-order valence-electron chi connectivity index (χ1n) is 4.01. The summed E-state index contributed by atoms with van der Waals surface area (Å²) >= 11 is 1.23. The molecular formula is C7H10N6S. The summed E-state index contributed by atoms with van der Waals surface area (Å²) in [4.78, 5) is 3.99. The van der Waals surface area contributed by atoms with E-state index in [-0.39, 0.29) is 0 Å². The molecule has 2 rings (SSSR count). The van der Waals surface area contributed by atoms with E-state index < -0.39 is 0 Å². The molecule has 0 amide bonds. The van der Waals surface area contributed by atoms with Crippen molar-refractivity contribution in [2.24, 2.45) is 7.05 Å². The van der Waals surface area contributed by atoms with Crippen molar-refractivity contribution in [2.45, 2.75) is 6.92 Å². The standard InChI is InChI=1S/C7H10N6S/c1-4-5(3-13(2)11-4)9-7-10-6(8)12-14-7/h3H,1-2H3,(H3,8,9,10,12). The molecule has 0 radical (unpaired) electrons. The zero-order valence-electron chi connectivity index (χ0n) is 7.85. The Kier molecular flexibility index (Phi) is 2.08. The van der Waals surface area contributed by atoms with Gasteiger partial charge in [-0.25, -0.2) is 0 Å². The van der Waals surface area contributed by atoms with Crippen LogP contribution in [0.2, 0.25) is 0 Å². The summed E-state index contributed by atoms with van der Waals surface area (Å²) in [6.45, 7) is 1.92. The van der Waals surface area contributed by atoms with Crippen molar-refractivity contribution in [3.05, 3.63) is 11.9 Å². The third-order valence-corrected chi connectivity index (χ3v) is 2.34. The SMILES string of the molecule is Cc1nn(C)cc1Nc1nc(N)ns1. The fourth-order valence-electron chi connectivity index (χ4n) is 1.12. The van der Waals surface area contributed by atoms with Crippen molar-refractivity contribution in [2.75, 3.05) is 11.1 Å². The molecule has 3 N–H and O–H groups in total. The molecule has 0 saturated heterocycles. The van der Waals surface area contributed by atoms with Crippen molar-refractivity contribution in [3.63, 3.8) is 0 Å². The van der Waals surface area contributed by atoms with E-state index in [1.807, 2.05) is 20.2 Å². The van der Waals surface area contributed by atoms with E-state index in [9.17, 15) is 0 Å². The highest BCUT2D eigenvalue weighted by Gasteiger charge is 2.05. The van der Waals surface area contributed by atoms with Gasteiger partial charge in [-0.1, -0.05) is 0 Å². The Hall–Kier alpha value is -1.63. The maximum Gasteiger partial charge on any atom is 0.233 e. The first-order chi connectivity index (χ1) is 6.65. The molecule has 0 aromatic carbocycles. The Morgan fingerprint density at radius 2 is 2.36 bits per heavy atom. The van der Waals surface area contributed by atoms with E-state index in [1.54, 1.807) is 4.68 Å². The van der Waals surface area contributed by atoms with Crippen LogP contribution in [-0.2, 0) is 7.05 Å². The number of aryl methyl sites for hydroxylation is 2. The molecule has 0 aliphatic rings. The molecule has 0 fully saturated rings.